The fourth-order valence-corrected chi connectivity index (χ4v) is 2.51. The van der Waals surface area contributed by atoms with E-state index < -0.39 is 11.7 Å². The number of carbonyl (C=O) groups is 1. The molecule has 0 fully saturated rings. The van der Waals surface area contributed by atoms with Gasteiger partial charge in [0, 0.05) is 21.3 Å². The molecular formula is C14H8Cl3FN2OS. The van der Waals surface area contributed by atoms with Crippen molar-refractivity contribution in [2.24, 2.45) is 0 Å². The van der Waals surface area contributed by atoms with Crippen molar-refractivity contribution in [1.29, 1.82) is 0 Å². The normalized spacial score (nSPS) is 10.2. The van der Waals surface area contributed by atoms with E-state index in [0.29, 0.717) is 15.7 Å². The molecule has 2 aromatic carbocycles. The highest BCUT2D eigenvalue weighted by Crippen LogP contribution is 2.20. The van der Waals surface area contributed by atoms with Gasteiger partial charge in [-0.1, -0.05) is 34.8 Å². The molecule has 1 amide bonds. The van der Waals surface area contributed by atoms with Crippen LogP contribution < -0.4 is 10.6 Å². The third-order valence-electron chi connectivity index (χ3n) is 2.53. The summed E-state index contributed by atoms with van der Waals surface area (Å²) in [4.78, 5) is 12.0. The molecule has 0 saturated heterocycles. The minimum atomic E-state index is -0.546. The summed E-state index contributed by atoms with van der Waals surface area (Å²) in [5.74, 6) is -1.02. The van der Waals surface area contributed by atoms with Crippen molar-refractivity contribution < 1.29 is 9.18 Å². The van der Waals surface area contributed by atoms with Gasteiger partial charge in [-0.25, -0.2) is 4.39 Å². The van der Waals surface area contributed by atoms with E-state index in [0.717, 1.165) is 0 Å². The zero-order valence-corrected chi connectivity index (χ0v) is 13.9. The molecule has 0 unspecified atom stereocenters. The maximum atomic E-state index is 13.1. The topological polar surface area (TPSA) is 41.1 Å². The lowest BCUT2D eigenvalue weighted by Crippen LogP contribution is -2.34. The standard InChI is InChI=1S/C14H8Cl3FN2OS/c15-8-3-7(4-9(16)5-8)13(21)20-14(22)19-10-1-2-12(18)11(17)6-10/h1-6H,(H2,19,20,21,22). The van der Waals surface area contributed by atoms with E-state index >= 15 is 0 Å². The highest BCUT2D eigenvalue weighted by atomic mass is 35.5. The molecule has 0 aliphatic rings. The van der Waals surface area contributed by atoms with Crippen LogP contribution in [0.15, 0.2) is 36.4 Å². The molecule has 8 heteroatoms. The molecule has 22 heavy (non-hydrogen) atoms. The van der Waals surface area contributed by atoms with Gasteiger partial charge in [0.2, 0.25) is 0 Å². The average Bonchev–Trinajstić information content (AvgIpc) is 2.41. The zero-order chi connectivity index (χ0) is 16.3. The molecule has 0 radical (unpaired) electrons. The summed E-state index contributed by atoms with van der Waals surface area (Å²) in [5.41, 5.74) is 0.708. The van der Waals surface area contributed by atoms with Crippen LogP contribution in [0.4, 0.5) is 10.1 Å². The van der Waals surface area contributed by atoms with Gasteiger partial charge >= 0.3 is 0 Å². The number of rotatable bonds is 2. The van der Waals surface area contributed by atoms with Gasteiger partial charge in [0.1, 0.15) is 5.82 Å². The van der Waals surface area contributed by atoms with Crippen molar-refractivity contribution in [1.82, 2.24) is 5.32 Å². The Bertz CT molecular complexity index is 735. The molecule has 0 spiro atoms. The van der Waals surface area contributed by atoms with Crippen molar-refractivity contribution in [3.63, 3.8) is 0 Å². The number of carbonyl (C=O) groups excluding carboxylic acids is 1. The van der Waals surface area contributed by atoms with Crippen LogP contribution in [0.3, 0.4) is 0 Å². The molecule has 0 aliphatic carbocycles. The number of halogens is 4. The quantitative estimate of drug-likeness (QED) is 0.730. The summed E-state index contributed by atoms with van der Waals surface area (Å²) in [7, 11) is 0. The molecule has 3 nitrogen and oxygen atoms in total. The first kappa shape index (κ1) is 17.0. The SMILES string of the molecule is O=C(NC(=S)Nc1ccc(F)c(Cl)c1)c1cc(Cl)cc(Cl)c1. The fraction of sp³-hybridized carbons (Fsp3) is 0. The van der Waals surface area contributed by atoms with Gasteiger partial charge in [0.15, 0.2) is 5.11 Å². The Kier molecular flexibility index (Phi) is 5.58. The third kappa shape index (κ3) is 4.55. The number of thiocarbonyl (C=S) groups is 1. The largest absolute Gasteiger partial charge is 0.332 e. The molecule has 0 aliphatic heterocycles. The summed E-state index contributed by atoms with van der Waals surface area (Å²) >= 11 is 22.3. The summed E-state index contributed by atoms with van der Waals surface area (Å²) in [5, 5.41) is 5.83. The Balaban J connectivity index is 2.04. The van der Waals surface area contributed by atoms with Gasteiger partial charge in [-0.05, 0) is 48.6 Å². The Hall–Kier alpha value is -1.40. The van der Waals surface area contributed by atoms with E-state index in [1.807, 2.05) is 0 Å². The van der Waals surface area contributed by atoms with Crippen LogP contribution in [0.25, 0.3) is 0 Å². The lowest BCUT2D eigenvalue weighted by molar-refractivity contribution is 0.0977. The van der Waals surface area contributed by atoms with Gasteiger partial charge in [-0.2, -0.15) is 0 Å². The second-order valence-corrected chi connectivity index (χ2v) is 5.88. The highest BCUT2D eigenvalue weighted by molar-refractivity contribution is 7.80. The first-order valence-corrected chi connectivity index (χ1v) is 7.43. The Morgan fingerprint density at radius 1 is 1.05 bits per heavy atom. The van der Waals surface area contributed by atoms with E-state index in [2.05, 4.69) is 10.6 Å². The van der Waals surface area contributed by atoms with Crippen LogP contribution in [0, 0.1) is 5.82 Å². The van der Waals surface area contributed by atoms with E-state index in [1.165, 1.54) is 36.4 Å². The van der Waals surface area contributed by atoms with Gasteiger partial charge in [0.05, 0.1) is 5.02 Å². The predicted molar refractivity (Wildman–Crippen MR) is 91.6 cm³/mol. The van der Waals surface area contributed by atoms with E-state index in [1.54, 1.807) is 0 Å². The van der Waals surface area contributed by atoms with Crippen LogP contribution in [0.2, 0.25) is 15.1 Å². The zero-order valence-electron chi connectivity index (χ0n) is 10.8. The average molecular weight is 378 g/mol. The molecule has 2 N–H and O–H groups in total. The summed E-state index contributed by atoms with van der Waals surface area (Å²) in [6.45, 7) is 0. The Morgan fingerprint density at radius 3 is 2.27 bits per heavy atom. The van der Waals surface area contributed by atoms with Crippen LogP contribution in [0.1, 0.15) is 10.4 Å². The van der Waals surface area contributed by atoms with Crippen molar-refractivity contribution >= 4 is 63.7 Å². The first-order chi connectivity index (χ1) is 10.3. The van der Waals surface area contributed by atoms with Crippen molar-refractivity contribution in [3.05, 3.63) is 62.8 Å². The lowest BCUT2D eigenvalue weighted by Gasteiger charge is -2.10. The van der Waals surface area contributed by atoms with Crippen LogP contribution >= 0.6 is 47.0 Å². The van der Waals surface area contributed by atoms with Gasteiger partial charge < -0.3 is 5.32 Å². The van der Waals surface area contributed by atoms with Gasteiger partial charge in [-0.15, -0.1) is 0 Å². The number of anilines is 1. The molecule has 114 valence electrons. The Labute approximate surface area is 146 Å². The van der Waals surface area contributed by atoms with Crippen LogP contribution in [-0.2, 0) is 0 Å². The maximum absolute atomic E-state index is 13.1. The summed E-state index contributed by atoms with van der Waals surface area (Å²) in [6.07, 6.45) is 0. The van der Waals surface area contributed by atoms with Gasteiger partial charge in [0.25, 0.3) is 5.91 Å². The van der Waals surface area contributed by atoms with Crippen LogP contribution in [0.5, 0.6) is 0 Å². The third-order valence-corrected chi connectivity index (χ3v) is 3.46. The number of amides is 1. The fourth-order valence-electron chi connectivity index (χ4n) is 1.60. The molecule has 0 saturated carbocycles. The number of nitrogens with one attached hydrogen (secondary N) is 2. The predicted octanol–water partition coefficient (Wildman–Crippen LogP) is 4.91. The molecule has 0 heterocycles. The molecular weight excluding hydrogens is 370 g/mol. The molecule has 2 aromatic rings. The minimum Gasteiger partial charge on any atom is -0.332 e. The van der Waals surface area contributed by atoms with Gasteiger partial charge in [-0.3, -0.25) is 10.1 Å². The first-order valence-electron chi connectivity index (χ1n) is 5.88. The van der Waals surface area contributed by atoms with E-state index in [9.17, 15) is 9.18 Å². The number of hydrogen-bond donors (Lipinski definition) is 2. The smallest absolute Gasteiger partial charge is 0.257 e. The Morgan fingerprint density at radius 2 is 1.68 bits per heavy atom. The van der Waals surface area contributed by atoms with Crippen molar-refractivity contribution in [2.45, 2.75) is 0 Å². The molecule has 0 aromatic heterocycles. The number of benzene rings is 2. The molecule has 0 atom stereocenters. The maximum Gasteiger partial charge on any atom is 0.257 e. The monoisotopic (exact) mass is 376 g/mol. The lowest BCUT2D eigenvalue weighted by atomic mass is 10.2. The summed E-state index contributed by atoms with van der Waals surface area (Å²) in [6, 6.07) is 8.41. The highest BCUT2D eigenvalue weighted by Gasteiger charge is 2.10. The molecule has 2 rings (SSSR count). The van der Waals surface area contributed by atoms with Crippen LogP contribution in [-0.4, -0.2) is 11.0 Å². The number of hydrogen-bond acceptors (Lipinski definition) is 2. The molecule has 0 bridgehead atoms. The van der Waals surface area contributed by atoms with E-state index in [4.69, 9.17) is 47.0 Å². The minimum absolute atomic E-state index is 0.0313. The summed E-state index contributed by atoms with van der Waals surface area (Å²) < 4.78 is 13.1. The second-order valence-electron chi connectivity index (χ2n) is 4.20. The second kappa shape index (κ2) is 7.24. The van der Waals surface area contributed by atoms with Crippen molar-refractivity contribution in [2.75, 3.05) is 5.32 Å². The van der Waals surface area contributed by atoms with E-state index in [-0.39, 0.29) is 15.7 Å². The van der Waals surface area contributed by atoms with Crippen molar-refractivity contribution in [3.8, 4) is 0 Å².